The van der Waals surface area contributed by atoms with E-state index in [2.05, 4.69) is 9.97 Å². The van der Waals surface area contributed by atoms with Crippen molar-refractivity contribution in [3.8, 4) is 22.4 Å². The minimum absolute atomic E-state index is 0.251. The van der Waals surface area contributed by atoms with E-state index in [1.54, 1.807) is 0 Å². The van der Waals surface area contributed by atoms with Crippen molar-refractivity contribution in [1.29, 1.82) is 0 Å². The van der Waals surface area contributed by atoms with E-state index in [0.29, 0.717) is 11.1 Å². The van der Waals surface area contributed by atoms with Gasteiger partial charge in [0.15, 0.2) is 5.65 Å². The van der Waals surface area contributed by atoms with Gasteiger partial charge in [-0.2, -0.15) is 4.98 Å². The topological polar surface area (TPSA) is 113 Å². The average Bonchev–Trinajstić information content (AvgIpc) is 2.81. The molecule has 8 nitrogen and oxygen atoms in total. The van der Waals surface area contributed by atoms with Crippen LogP contribution in [-0.2, 0) is 16.4 Å². The molecule has 0 aliphatic carbocycles. The molecule has 35 heavy (non-hydrogen) atoms. The summed E-state index contributed by atoms with van der Waals surface area (Å²) in [7, 11) is -3.59. The monoisotopic (exact) mass is 490 g/mol. The van der Waals surface area contributed by atoms with Gasteiger partial charge in [0, 0.05) is 41.0 Å². The van der Waals surface area contributed by atoms with Crippen molar-refractivity contribution in [3.63, 3.8) is 0 Å². The molecule has 0 saturated carbocycles. The molecular weight excluding hydrogens is 464 g/mol. The van der Waals surface area contributed by atoms with Gasteiger partial charge >= 0.3 is 6.09 Å². The van der Waals surface area contributed by atoms with E-state index in [1.807, 2.05) is 81.4 Å². The van der Waals surface area contributed by atoms with Gasteiger partial charge in [-0.1, -0.05) is 54.6 Å². The highest BCUT2D eigenvalue weighted by Gasteiger charge is 2.26. The average molecular weight is 491 g/mol. The maximum Gasteiger partial charge on any atom is 0.408 e. The van der Waals surface area contributed by atoms with Crippen LogP contribution in [0, 0.1) is 0 Å². The Morgan fingerprint density at radius 2 is 1.63 bits per heavy atom. The lowest BCUT2D eigenvalue weighted by atomic mass is 9.97. The van der Waals surface area contributed by atoms with Gasteiger partial charge in [0.2, 0.25) is 15.0 Å². The summed E-state index contributed by atoms with van der Waals surface area (Å²) < 4.78 is 23.9. The number of aromatic nitrogens is 3. The second-order valence-corrected chi connectivity index (χ2v) is 11.2. The summed E-state index contributed by atoms with van der Waals surface area (Å²) in [5.41, 5.74) is 3.81. The van der Waals surface area contributed by atoms with Gasteiger partial charge in [-0.05, 0) is 38.0 Å². The predicted octanol–water partition coefficient (Wildman–Crippen LogP) is 5.04. The fourth-order valence-corrected chi connectivity index (χ4v) is 4.22. The first kappa shape index (κ1) is 24.3. The molecule has 2 aromatic heterocycles. The highest BCUT2D eigenvalue weighted by atomic mass is 32.2. The van der Waals surface area contributed by atoms with Crippen LogP contribution in [0.5, 0.6) is 0 Å². The van der Waals surface area contributed by atoms with Crippen LogP contribution in [0.4, 0.5) is 4.79 Å². The molecule has 0 aliphatic heterocycles. The second-order valence-electron chi connectivity index (χ2n) is 9.32. The molecule has 1 amide bonds. The second kappa shape index (κ2) is 9.07. The smallest absolute Gasteiger partial charge is 0.408 e. The third kappa shape index (κ3) is 5.30. The number of hydrogen-bond donors (Lipinski definition) is 1. The number of fused-ring (bicyclic) bond motifs is 1. The Hall–Kier alpha value is -3.85. The van der Waals surface area contributed by atoms with Gasteiger partial charge < -0.3 is 5.11 Å². The molecule has 0 radical (unpaired) electrons. The lowest BCUT2D eigenvalue weighted by molar-refractivity contribution is 0.0955. The van der Waals surface area contributed by atoms with Crippen LogP contribution in [0.1, 0.15) is 26.3 Å². The maximum absolute atomic E-state index is 12.0. The van der Waals surface area contributed by atoms with Gasteiger partial charge in [-0.25, -0.2) is 23.2 Å². The zero-order chi connectivity index (χ0) is 25.4. The van der Waals surface area contributed by atoms with E-state index in [-0.39, 0.29) is 17.3 Å². The Labute approximate surface area is 204 Å². The molecule has 1 N–H and O–H groups in total. The van der Waals surface area contributed by atoms with Crippen LogP contribution in [0.25, 0.3) is 33.4 Å². The largest absolute Gasteiger partial charge is 0.465 e. The van der Waals surface area contributed by atoms with E-state index >= 15 is 0 Å². The van der Waals surface area contributed by atoms with Gasteiger partial charge in [-0.3, -0.25) is 4.90 Å². The molecular formula is C26H26N4O4S. The number of rotatable bonds is 5. The highest BCUT2D eigenvalue weighted by molar-refractivity contribution is 7.90. The van der Waals surface area contributed by atoms with Crippen molar-refractivity contribution in [2.45, 2.75) is 38.0 Å². The molecule has 180 valence electrons. The zero-order valence-electron chi connectivity index (χ0n) is 19.9. The molecule has 0 unspecified atom stereocenters. The van der Waals surface area contributed by atoms with Crippen LogP contribution >= 0.6 is 0 Å². The van der Waals surface area contributed by atoms with E-state index in [1.165, 1.54) is 11.1 Å². The van der Waals surface area contributed by atoms with Crippen LogP contribution in [-0.4, -0.2) is 51.3 Å². The third-order valence-electron chi connectivity index (χ3n) is 5.57. The Kier molecular flexibility index (Phi) is 6.29. The van der Waals surface area contributed by atoms with Gasteiger partial charge in [-0.15, -0.1) is 0 Å². The molecule has 0 saturated heterocycles. The minimum atomic E-state index is -3.59. The highest BCUT2D eigenvalue weighted by Crippen LogP contribution is 2.33. The molecule has 4 aromatic rings. The standard InChI is InChI=1S/C26H26N4O4S/c1-26(2,3)30(25(31)32)16-17-10-12-19(13-11-17)22-21(18-8-6-5-7-9-18)14-20-15-27-24(35(4,33)34)29-23(20)28-22/h5-15H,16H2,1-4H3,(H,31,32). The van der Waals surface area contributed by atoms with Crippen LogP contribution < -0.4 is 0 Å². The molecule has 0 bridgehead atoms. The fraction of sp³-hybridized carbons (Fsp3) is 0.231. The van der Waals surface area contributed by atoms with E-state index in [0.717, 1.165) is 28.5 Å². The first-order valence-corrected chi connectivity index (χ1v) is 12.9. The van der Waals surface area contributed by atoms with Crippen LogP contribution in [0.15, 0.2) is 72.0 Å². The predicted molar refractivity (Wildman–Crippen MR) is 135 cm³/mol. The van der Waals surface area contributed by atoms with Crippen LogP contribution in [0.2, 0.25) is 0 Å². The summed E-state index contributed by atoms with van der Waals surface area (Å²) in [6.07, 6.45) is 1.55. The Balaban J connectivity index is 1.82. The Morgan fingerprint density at radius 3 is 2.20 bits per heavy atom. The molecule has 0 atom stereocenters. The van der Waals surface area contributed by atoms with Crippen molar-refractivity contribution in [2.24, 2.45) is 0 Å². The number of benzene rings is 2. The summed E-state index contributed by atoms with van der Waals surface area (Å²) in [4.78, 5) is 26.0. The van der Waals surface area contributed by atoms with Crippen molar-refractivity contribution in [1.82, 2.24) is 19.9 Å². The summed E-state index contributed by atoms with van der Waals surface area (Å²) >= 11 is 0. The van der Waals surface area contributed by atoms with E-state index in [9.17, 15) is 18.3 Å². The van der Waals surface area contributed by atoms with Crippen molar-refractivity contribution < 1.29 is 18.3 Å². The zero-order valence-corrected chi connectivity index (χ0v) is 20.7. The van der Waals surface area contributed by atoms with E-state index in [4.69, 9.17) is 4.98 Å². The molecule has 0 fully saturated rings. The molecule has 0 aliphatic rings. The summed E-state index contributed by atoms with van der Waals surface area (Å²) in [6, 6.07) is 19.2. The quantitative estimate of drug-likeness (QED) is 0.390. The van der Waals surface area contributed by atoms with Crippen molar-refractivity contribution in [3.05, 3.63) is 72.4 Å². The number of nitrogens with zero attached hydrogens (tertiary/aromatic N) is 4. The summed E-state index contributed by atoms with van der Waals surface area (Å²) in [5.74, 6) is 0. The molecule has 4 rings (SSSR count). The maximum atomic E-state index is 12.0. The molecule has 0 spiro atoms. The van der Waals surface area contributed by atoms with E-state index < -0.39 is 21.5 Å². The first-order chi connectivity index (χ1) is 16.4. The number of amides is 1. The van der Waals surface area contributed by atoms with Gasteiger partial charge in [0.1, 0.15) is 0 Å². The number of carbonyl (C=O) groups is 1. The van der Waals surface area contributed by atoms with Crippen molar-refractivity contribution in [2.75, 3.05) is 6.26 Å². The molecule has 9 heteroatoms. The Morgan fingerprint density at radius 1 is 0.971 bits per heavy atom. The Bertz CT molecular complexity index is 1500. The SMILES string of the molecule is CC(C)(C)N(Cc1ccc(-c2nc3nc(S(C)(=O)=O)ncc3cc2-c2ccccc2)cc1)C(=O)O. The minimum Gasteiger partial charge on any atom is -0.465 e. The number of pyridine rings is 1. The molecule has 2 heterocycles. The summed E-state index contributed by atoms with van der Waals surface area (Å²) in [5, 5.41) is 9.95. The third-order valence-corrected chi connectivity index (χ3v) is 6.43. The van der Waals surface area contributed by atoms with Crippen molar-refractivity contribution >= 4 is 27.0 Å². The summed E-state index contributed by atoms with van der Waals surface area (Å²) in [6.45, 7) is 5.81. The number of sulfone groups is 1. The number of carboxylic acid groups (broad SMARTS) is 1. The lowest BCUT2D eigenvalue weighted by Crippen LogP contribution is -2.44. The van der Waals surface area contributed by atoms with Gasteiger partial charge in [0.25, 0.3) is 0 Å². The fourth-order valence-electron chi connectivity index (χ4n) is 3.73. The first-order valence-electron chi connectivity index (χ1n) is 11.0. The van der Waals surface area contributed by atoms with Gasteiger partial charge in [0.05, 0.1) is 5.69 Å². The molecule has 2 aromatic carbocycles. The number of hydrogen-bond acceptors (Lipinski definition) is 6. The normalized spacial score (nSPS) is 12.0. The van der Waals surface area contributed by atoms with Crippen LogP contribution in [0.3, 0.4) is 0 Å². The lowest BCUT2D eigenvalue weighted by Gasteiger charge is -2.33.